The third kappa shape index (κ3) is 9.24. The molecule has 2 amide bonds. The van der Waals surface area contributed by atoms with Crippen LogP contribution in [0, 0.1) is 9.49 Å². The van der Waals surface area contributed by atoms with E-state index in [0.29, 0.717) is 51.9 Å². The van der Waals surface area contributed by atoms with Crippen molar-refractivity contribution >= 4 is 46.5 Å². The number of rotatable bonds is 14. The predicted octanol–water partition coefficient (Wildman–Crippen LogP) is 3.20. The number of aldehydes is 1. The lowest BCUT2D eigenvalue weighted by Crippen LogP contribution is -2.56. The van der Waals surface area contributed by atoms with Gasteiger partial charge in [-0.05, 0) is 72.9 Å². The van der Waals surface area contributed by atoms with E-state index in [2.05, 4.69) is 5.32 Å². The summed E-state index contributed by atoms with van der Waals surface area (Å²) in [5, 5.41) is 23.6. The van der Waals surface area contributed by atoms with Crippen molar-refractivity contribution in [2.75, 3.05) is 26.8 Å². The van der Waals surface area contributed by atoms with Gasteiger partial charge in [0.1, 0.15) is 24.3 Å². The minimum absolute atomic E-state index is 0.0118. The number of ketones is 1. The summed E-state index contributed by atoms with van der Waals surface area (Å²) in [6.45, 7) is 1.78. The summed E-state index contributed by atoms with van der Waals surface area (Å²) in [7, 11) is 1.45. The highest BCUT2D eigenvalue weighted by atomic mass is 127. The number of carbonyl (C=O) groups is 4. The third-order valence-electron chi connectivity index (χ3n) is 7.68. The summed E-state index contributed by atoms with van der Waals surface area (Å²) in [6, 6.07) is 2.42. The fourth-order valence-corrected chi connectivity index (χ4v) is 6.29. The van der Waals surface area contributed by atoms with Crippen molar-refractivity contribution in [1.82, 2.24) is 10.2 Å². The van der Waals surface area contributed by atoms with Gasteiger partial charge in [0.15, 0.2) is 11.5 Å². The summed E-state index contributed by atoms with van der Waals surface area (Å²) in [6.07, 6.45) is 6.35. The van der Waals surface area contributed by atoms with Crippen LogP contribution in [0.15, 0.2) is 23.8 Å². The molecular weight excluding hydrogens is 643 g/mol. The number of hydrogen-bond donors (Lipinski definition) is 3. The van der Waals surface area contributed by atoms with E-state index < -0.39 is 24.2 Å². The summed E-state index contributed by atoms with van der Waals surface area (Å²) in [4.78, 5) is 51.3. The Morgan fingerprint density at radius 2 is 1.90 bits per heavy atom. The lowest BCUT2D eigenvalue weighted by Gasteiger charge is -2.42. The Morgan fingerprint density at radius 3 is 2.54 bits per heavy atom. The molecule has 41 heavy (non-hydrogen) atoms. The molecule has 1 saturated carbocycles. The smallest absolute Gasteiger partial charge is 0.247 e. The van der Waals surface area contributed by atoms with E-state index in [-0.39, 0.29) is 43.6 Å². The first-order chi connectivity index (χ1) is 19.7. The average Bonchev–Trinajstić information content (AvgIpc) is 2.96. The van der Waals surface area contributed by atoms with Crippen LogP contribution < -0.4 is 14.8 Å². The molecule has 0 aromatic heterocycles. The van der Waals surface area contributed by atoms with Crippen LogP contribution >= 0.6 is 22.6 Å². The van der Waals surface area contributed by atoms with Gasteiger partial charge >= 0.3 is 0 Å². The molecule has 0 aliphatic heterocycles. The van der Waals surface area contributed by atoms with Gasteiger partial charge in [0, 0.05) is 43.5 Å². The van der Waals surface area contributed by atoms with Gasteiger partial charge in [0.2, 0.25) is 11.8 Å². The predicted molar refractivity (Wildman–Crippen MR) is 161 cm³/mol. The molecule has 2 aliphatic rings. The minimum Gasteiger partial charge on any atom is -0.493 e. The molecule has 3 rings (SSSR count). The summed E-state index contributed by atoms with van der Waals surface area (Å²) in [5.41, 5.74) is 0.734. The van der Waals surface area contributed by atoms with E-state index >= 15 is 0 Å². The highest BCUT2D eigenvalue weighted by Crippen LogP contribution is 2.37. The largest absolute Gasteiger partial charge is 0.493 e. The number of halogens is 1. The Morgan fingerprint density at radius 1 is 1.17 bits per heavy atom. The van der Waals surface area contributed by atoms with Gasteiger partial charge in [-0.1, -0.05) is 19.3 Å². The topological polar surface area (TPSA) is 142 Å². The molecule has 3 unspecified atom stereocenters. The third-order valence-corrected chi connectivity index (χ3v) is 8.48. The molecule has 1 fully saturated rings. The molecule has 0 spiro atoms. The van der Waals surface area contributed by atoms with Crippen molar-refractivity contribution in [3.8, 4) is 11.5 Å². The first-order valence-electron chi connectivity index (χ1n) is 14.2. The van der Waals surface area contributed by atoms with Gasteiger partial charge < -0.3 is 34.7 Å². The lowest BCUT2D eigenvalue weighted by molar-refractivity contribution is -0.140. The Labute approximate surface area is 255 Å². The van der Waals surface area contributed by atoms with Gasteiger partial charge in [-0.3, -0.25) is 14.4 Å². The van der Waals surface area contributed by atoms with Crippen LogP contribution in [0.4, 0.5) is 0 Å². The maximum absolute atomic E-state index is 13.6. The van der Waals surface area contributed by atoms with Gasteiger partial charge in [-0.15, -0.1) is 0 Å². The molecule has 3 N–H and O–H groups in total. The molecule has 10 nitrogen and oxygen atoms in total. The monoisotopic (exact) mass is 684 g/mol. The molecule has 0 bridgehead atoms. The number of hydrogen-bond acceptors (Lipinski definition) is 8. The van der Waals surface area contributed by atoms with E-state index in [0.717, 1.165) is 32.1 Å². The molecule has 0 saturated heterocycles. The van der Waals surface area contributed by atoms with E-state index in [1.807, 2.05) is 22.6 Å². The second-order valence-corrected chi connectivity index (χ2v) is 11.9. The number of nitrogens with zero attached hydrogens (tertiary/aromatic N) is 1. The van der Waals surface area contributed by atoms with Gasteiger partial charge in [-0.25, -0.2) is 0 Å². The lowest BCUT2D eigenvalue weighted by atomic mass is 9.85. The number of nitrogens with one attached hydrogen (secondary N) is 1. The fourth-order valence-electron chi connectivity index (χ4n) is 5.54. The SMILES string of the molecule is COc1cc(C=O)cc(I)c1OC1C=C(C(=O)NCCO)CC(N(CC2CCCCC2)C(=O)CCCC(C)=O)C1O. The zero-order valence-electron chi connectivity index (χ0n) is 23.8. The molecule has 2 aliphatic carbocycles. The summed E-state index contributed by atoms with van der Waals surface area (Å²) >= 11 is 2.02. The summed E-state index contributed by atoms with van der Waals surface area (Å²) < 4.78 is 12.3. The molecular formula is C30H41IN2O8. The standard InChI is InChI=1S/C30H41IN2O8/c1-19(36)7-6-10-27(37)33(17-20-8-4-3-5-9-20)24-15-22(30(39)32-11-12-34)16-25(28(24)38)41-29-23(31)13-21(18-35)14-26(29)40-2/h13-14,16,18,20,24-25,28,34,38H,3-12,15,17H2,1-2H3,(H,32,39). The fraction of sp³-hybridized carbons (Fsp3) is 0.600. The van der Waals surface area contributed by atoms with Crippen LogP contribution in [0.2, 0.25) is 0 Å². The summed E-state index contributed by atoms with van der Waals surface area (Å²) in [5.74, 6) is 0.316. The Balaban J connectivity index is 1.97. The molecule has 3 atom stereocenters. The normalized spacial score (nSPS) is 21.0. The van der Waals surface area contributed by atoms with Crippen molar-refractivity contribution in [3.05, 3.63) is 32.9 Å². The number of benzene rings is 1. The van der Waals surface area contributed by atoms with Crippen molar-refractivity contribution in [2.24, 2.45) is 5.92 Å². The second-order valence-electron chi connectivity index (χ2n) is 10.8. The van der Waals surface area contributed by atoms with Gasteiger partial charge in [-0.2, -0.15) is 0 Å². The van der Waals surface area contributed by atoms with Crippen molar-refractivity contribution in [3.63, 3.8) is 0 Å². The van der Waals surface area contributed by atoms with Crippen molar-refractivity contribution < 1.29 is 38.9 Å². The number of carbonyl (C=O) groups excluding carboxylic acids is 4. The van der Waals surface area contributed by atoms with Gasteiger partial charge in [0.05, 0.1) is 23.3 Å². The average molecular weight is 685 g/mol. The molecule has 0 radical (unpaired) electrons. The minimum atomic E-state index is -1.17. The van der Waals surface area contributed by atoms with Crippen molar-refractivity contribution in [1.29, 1.82) is 0 Å². The van der Waals surface area contributed by atoms with E-state index in [9.17, 15) is 29.4 Å². The number of ether oxygens (including phenoxy) is 2. The zero-order chi connectivity index (χ0) is 29.9. The van der Waals surface area contributed by atoms with Crippen LogP contribution in [0.3, 0.4) is 0 Å². The zero-order valence-corrected chi connectivity index (χ0v) is 25.9. The molecule has 11 heteroatoms. The number of methoxy groups -OCH3 is 1. The Kier molecular flexibility index (Phi) is 13.0. The Hall–Kier alpha value is -2.51. The first kappa shape index (κ1) is 33.0. The number of amides is 2. The molecule has 1 aromatic carbocycles. The van der Waals surface area contributed by atoms with Crippen LogP contribution in [0.5, 0.6) is 11.5 Å². The van der Waals surface area contributed by atoms with Crippen LogP contribution in [-0.4, -0.2) is 84.1 Å². The van der Waals surface area contributed by atoms with Crippen molar-refractivity contribution in [2.45, 2.75) is 83.0 Å². The van der Waals surface area contributed by atoms with Gasteiger partial charge in [0.25, 0.3) is 0 Å². The quantitative estimate of drug-likeness (QED) is 0.201. The molecule has 0 heterocycles. The molecule has 226 valence electrons. The van der Waals surface area contributed by atoms with Crippen LogP contribution in [0.25, 0.3) is 0 Å². The van der Waals surface area contributed by atoms with Crippen LogP contribution in [-0.2, 0) is 14.4 Å². The maximum atomic E-state index is 13.6. The Bertz CT molecular complexity index is 1120. The van der Waals surface area contributed by atoms with E-state index in [1.165, 1.54) is 20.1 Å². The van der Waals surface area contributed by atoms with Crippen LogP contribution in [0.1, 0.15) is 75.1 Å². The highest BCUT2D eigenvalue weighted by molar-refractivity contribution is 14.1. The number of Topliss-reactive ketones (excluding diaryl/α,β-unsaturated/α-hetero) is 1. The van der Waals surface area contributed by atoms with E-state index in [4.69, 9.17) is 9.47 Å². The highest BCUT2D eigenvalue weighted by Gasteiger charge is 2.41. The number of aliphatic hydroxyl groups is 2. The first-order valence-corrected chi connectivity index (χ1v) is 15.3. The molecule has 1 aromatic rings. The van der Waals surface area contributed by atoms with E-state index in [1.54, 1.807) is 17.0 Å². The number of aliphatic hydroxyl groups excluding tert-OH is 2. The maximum Gasteiger partial charge on any atom is 0.247 e. The second kappa shape index (κ2) is 16.2.